The van der Waals surface area contributed by atoms with E-state index < -0.39 is 54.2 Å². The highest BCUT2D eigenvalue weighted by Gasteiger charge is 2.56. The molecule has 1 N–H and O–H groups in total. The highest BCUT2D eigenvalue weighted by Crippen LogP contribution is 2.43. The topological polar surface area (TPSA) is 83.9 Å². The van der Waals surface area contributed by atoms with E-state index in [4.69, 9.17) is 4.74 Å². The number of carbonyl (C=O) groups excluding carboxylic acids is 2. The molecule has 1 aliphatic carbocycles. The van der Waals surface area contributed by atoms with Crippen molar-refractivity contribution >= 4 is 17.8 Å². The van der Waals surface area contributed by atoms with Crippen LogP contribution in [0.15, 0.2) is 24.3 Å². The first-order valence-electron chi connectivity index (χ1n) is 10.9. The summed E-state index contributed by atoms with van der Waals surface area (Å²) in [6.45, 7) is 0. The molecule has 3 rings (SSSR count). The van der Waals surface area contributed by atoms with Crippen LogP contribution in [0.25, 0.3) is 0 Å². The number of imide groups is 1. The number of methoxy groups -OCH3 is 1. The summed E-state index contributed by atoms with van der Waals surface area (Å²) < 4.78 is 46.1. The van der Waals surface area contributed by atoms with Crippen LogP contribution >= 0.6 is 0 Å². The van der Waals surface area contributed by atoms with Crippen LogP contribution in [0.1, 0.15) is 50.5 Å². The third kappa shape index (κ3) is 5.24. The Morgan fingerprint density at radius 2 is 1.91 bits per heavy atom. The molecule has 32 heavy (non-hydrogen) atoms. The van der Waals surface area contributed by atoms with Gasteiger partial charge >= 0.3 is 12.1 Å². The Morgan fingerprint density at radius 1 is 1.22 bits per heavy atom. The van der Waals surface area contributed by atoms with Crippen LogP contribution in [0, 0.1) is 17.8 Å². The molecule has 6 nitrogen and oxygen atoms in total. The number of carboxylic acid groups (broad SMARTS) is 1. The molecule has 1 saturated heterocycles. The molecule has 1 heterocycles. The summed E-state index contributed by atoms with van der Waals surface area (Å²) in [7, 11) is 1.51. The smallest absolute Gasteiger partial charge is 0.392 e. The molecular weight excluding hydrogens is 427 g/mol. The lowest BCUT2D eigenvalue weighted by Gasteiger charge is -2.44. The SMILES string of the molecule is COc1cccc(CC[C@H]2C(=O)N(C(=O)C[C@@H](C3CCCCC3)C(F)(F)F)[C@@H]2C(=O)O)c1. The molecular formula is C23H28F3NO5. The molecule has 0 unspecified atom stereocenters. The maximum absolute atomic E-state index is 13.7. The molecule has 0 spiro atoms. The van der Waals surface area contributed by atoms with Crippen LogP contribution in [-0.2, 0) is 20.8 Å². The Kier molecular flexibility index (Phi) is 7.46. The molecule has 1 aromatic rings. The predicted octanol–water partition coefficient (Wildman–Crippen LogP) is 4.21. The van der Waals surface area contributed by atoms with Gasteiger partial charge in [0, 0.05) is 6.42 Å². The van der Waals surface area contributed by atoms with Crippen molar-refractivity contribution in [2.24, 2.45) is 17.8 Å². The molecule has 0 radical (unpaired) electrons. The minimum absolute atomic E-state index is 0.179. The molecule has 2 fully saturated rings. The maximum atomic E-state index is 13.7. The van der Waals surface area contributed by atoms with E-state index >= 15 is 0 Å². The largest absolute Gasteiger partial charge is 0.497 e. The van der Waals surface area contributed by atoms with Crippen molar-refractivity contribution in [2.75, 3.05) is 7.11 Å². The van der Waals surface area contributed by atoms with Crippen LogP contribution in [-0.4, -0.2) is 47.1 Å². The number of likely N-dealkylation sites (tertiary alicyclic amines) is 1. The van der Waals surface area contributed by atoms with Gasteiger partial charge in [0.15, 0.2) is 0 Å². The van der Waals surface area contributed by atoms with E-state index in [1.54, 1.807) is 18.2 Å². The van der Waals surface area contributed by atoms with E-state index in [0.29, 0.717) is 42.8 Å². The van der Waals surface area contributed by atoms with Crippen molar-refractivity contribution in [3.63, 3.8) is 0 Å². The highest BCUT2D eigenvalue weighted by atomic mass is 19.4. The number of hydrogen-bond donors (Lipinski definition) is 1. The monoisotopic (exact) mass is 455 g/mol. The molecule has 1 aliphatic heterocycles. The van der Waals surface area contributed by atoms with Crippen molar-refractivity contribution in [1.82, 2.24) is 4.90 Å². The average Bonchev–Trinajstić information content (AvgIpc) is 2.75. The minimum Gasteiger partial charge on any atom is -0.497 e. The molecule has 3 atom stereocenters. The highest BCUT2D eigenvalue weighted by molar-refractivity contribution is 6.08. The van der Waals surface area contributed by atoms with Crippen LogP contribution in [0.5, 0.6) is 5.75 Å². The fourth-order valence-corrected chi connectivity index (χ4v) is 4.91. The van der Waals surface area contributed by atoms with Crippen molar-refractivity contribution in [1.29, 1.82) is 0 Å². The van der Waals surface area contributed by atoms with Gasteiger partial charge in [-0.15, -0.1) is 0 Å². The number of nitrogens with zero attached hydrogens (tertiary/aromatic N) is 1. The molecule has 0 bridgehead atoms. The minimum atomic E-state index is -4.57. The van der Waals surface area contributed by atoms with Crippen LogP contribution in [0.2, 0.25) is 0 Å². The van der Waals surface area contributed by atoms with Crippen molar-refractivity contribution in [3.8, 4) is 5.75 Å². The summed E-state index contributed by atoms with van der Waals surface area (Å²) in [5.74, 6) is -5.99. The lowest BCUT2D eigenvalue weighted by atomic mass is 9.77. The number of carboxylic acids is 1. The van der Waals surface area contributed by atoms with E-state index in [1.165, 1.54) is 7.11 Å². The van der Waals surface area contributed by atoms with Gasteiger partial charge in [0.2, 0.25) is 11.8 Å². The van der Waals surface area contributed by atoms with Crippen LogP contribution in [0.4, 0.5) is 13.2 Å². The molecule has 1 aromatic carbocycles. The van der Waals surface area contributed by atoms with Crippen LogP contribution < -0.4 is 4.74 Å². The number of rotatable bonds is 8. The van der Waals surface area contributed by atoms with Gasteiger partial charge in [0.1, 0.15) is 11.8 Å². The van der Waals surface area contributed by atoms with E-state index in [-0.39, 0.29) is 6.42 Å². The predicted molar refractivity (Wildman–Crippen MR) is 109 cm³/mol. The second-order valence-electron chi connectivity index (χ2n) is 8.63. The van der Waals surface area contributed by atoms with E-state index in [1.807, 2.05) is 6.07 Å². The Labute approximate surface area is 184 Å². The zero-order chi connectivity index (χ0) is 23.5. The molecule has 2 aliphatic rings. The number of aliphatic carboxylic acids is 1. The quantitative estimate of drug-likeness (QED) is 0.594. The third-order valence-corrected chi connectivity index (χ3v) is 6.65. The zero-order valence-corrected chi connectivity index (χ0v) is 17.9. The Morgan fingerprint density at radius 3 is 2.50 bits per heavy atom. The Bertz CT molecular complexity index is 850. The first-order valence-corrected chi connectivity index (χ1v) is 10.9. The molecule has 2 amide bonds. The number of aryl methyl sites for hydroxylation is 1. The van der Waals surface area contributed by atoms with Gasteiger partial charge < -0.3 is 9.84 Å². The molecule has 9 heteroatoms. The lowest BCUT2D eigenvalue weighted by Crippen LogP contribution is -2.66. The second-order valence-corrected chi connectivity index (χ2v) is 8.63. The Balaban J connectivity index is 1.67. The first-order chi connectivity index (χ1) is 15.1. The number of hydrogen-bond acceptors (Lipinski definition) is 4. The number of ether oxygens (including phenoxy) is 1. The summed E-state index contributed by atoms with van der Waals surface area (Å²) in [6.07, 6.45) is -1.90. The fraction of sp³-hybridized carbons (Fsp3) is 0.609. The number of halogens is 3. The van der Waals surface area contributed by atoms with Gasteiger partial charge in [-0.2, -0.15) is 13.2 Å². The summed E-state index contributed by atoms with van der Waals surface area (Å²) in [5.41, 5.74) is 0.834. The molecule has 1 saturated carbocycles. The van der Waals surface area contributed by atoms with Crippen LogP contribution in [0.3, 0.4) is 0 Å². The zero-order valence-electron chi connectivity index (χ0n) is 17.9. The van der Waals surface area contributed by atoms with Gasteiger partial charge in [0.05, 0.1) is 18.9 Å². The molecule has 176 valence electrons. The average molecular weight is 455 g/mol. The van der Waals surface area contributed by atoms with Crippen molar-refractivity contribution in [3.05, 3.63) is 29.8 Å². The van der Waals surface area contributed by atoms with E-state index in [2.05, 4.69) is 0 Å². The summed E-state index contributed by atoms with van der Waals surface area (Å²) in [4.78, 5) is 37.6. The standard InChI is InChI=1S/C23H28F3NO5/c1-32-16-9-5-6-14(12-16)10-11-17-20(22(30)31)27(21(17)29)19(28)13-18(23(24,25)26)15-7-3-2-4-8-15/h5-6,9,12,15,17-18,20H,2-4,7-8,10-11,13H2,1H3,(H,30,31)/t17-,18+,20+/m1/s1. The Hall–Kier alpha value is -2.58. The van der Waals surface area contributed by atoms with Crippen molar-refractivity contribution < 1.29 is 37.4 Å². The number of alkyl halides is 3. The van der Waals surface area contributed by atoms with Gasteiger partial charge in [-0.1, -0.05) is 31.4 Å². The third-order valence-electron chi connectivity index (χ3n) is 6.65. The number of amides is 2. The maximum Gasteiger partial charge on any atom is 0.392 e. The second kappa shape index (κ2) is 9.92. The summed E-state index contributed by atoms with van der Waals surface area (Å²) in [5, 5.41) is 9.57. The van der Waals surface area contributed by atoms with E-state index in [9.17, 15) is 32.7 Å². The van der Waals surface area contributed by atoms with Gasteiger partial charge in [-0.25, -0.2) is 4.79 Å². The summed E-state index contributed by atoms with van der Waals surface area (Å²) in [6, 6.07) is 5.66. The summed E-state index contributed by atoms with van der Waals surface area (Å²) >= 11 is 0. The van der Waals surface area contributed by atoms with Gasteiger partial charge in [-0.05, 0) is 49.3 Å². The lowest BCUT2D eigenvalue weighted by molar-refractivity contribution is -0.200. The number of β-lactam (4-membered cyclic amide) rings is 1. The molecule has 0 aromatic heterocycles. The van der Waals surface area contributed by atoms with Crippen molar-refractivity contribution in [2.45, 2.75) is 63.6 Å². The fourth-order valence-electron chi connectivity index (χ4n) is 4.91. The van der Waals surface area contributed by atoms with E-state index in [0.717, 1.165) is 12.0 Å². The van der Waals surface area contributed by atoms with Gasteiger partial charge in [0.25, 0.3) is 0 Å². The van der Waals surface area contributed by atoms with Gasteiger partial charge in [-0.3, -0.25) is 14.5 Å². The number of carbonyl (C=O) groups is 3. The normalized spacial score (nSPS) is 22.9. The first kappa shape index (κ1) is 24.1. The number of benzene rings is 1.